The molecule has 3 rings (SSSR count). The Morgan fingerprint density at radius 1 is 1.18 bits per heavy atom. The van der Waals surface area contributed by atoms with Gasteiger partial charge in [0.05, 0.1) is 19.9 Å². The molecule has 148 valence electrons. The number of nitrogens with one attached hydrogen (secondary N) is 1. The molecule has 28 heavy (non-hydrogen) atoms. The molecule has 1 fully saturated rings. The van der Waals surface area contributed by atoms with Crippen LogP contribution in [0.25, 0.3) is 0 Å². The van der Waals surface area contributed by atoms with E-state index in [0.29, 0.717) is 11.1 Å². The minimum absolute atomic E-state index is 0.0139. The first-order valence-electron chi connectivity index (χ1n) is 8.97. The third kappa shape index (κ3) is 3.28. The van der Waals surface area contributed by atoms with Crippen LogP contribution in [0.15, 0.2) is 41.0 Å². The fourth-order valence-corrected chi connectivity index (χ4v) is 3.24. The Balaban J connectivity index is 1.87. The average molecular weight is 384 g/mol. The molecule has 1 atom stereocenters. The van der Waals surface area contributed by atoms with Gasteiger partial charge in [0.2, 0.25) is 5.76 Å². The highest BCUT2D eigenvalue weighted by molar-refractivity contribution is 6.07. The van der Waals surface area contributed by atoms with Crippen LogP contribution in [0.2, 0.25) is 0 Å². The molecule has 7 heteroatoms. The maximum atomic E-state index is 13.1. The van der Waals surface area contributed by atoms with E-state index >= 15 is 0 Å². The predicted molar refractivity (Wildman–Crippen MR) is 102 cm³/mol. The van der Waals surface area contributed by atoms with Gasteiger partial charge in [-0.2, -0.15) is 0 Å². The third-order valence-electron chi connectivity index (χ3n) is 5.05. The van der Waals surface area contributed by atoms with Gasteiger partial charge in [0.15, 0.2) is 0 Å². The number of urea groups is 1. The van der Waals surface area contributed by atoms with Gasteiger partial charge in [-0.15, -0.1) is 0 Å². The molecule has 1 aromatic carbocycles. The topological polar surface area (TPSA) is 88.8 Å². The summed E-state index contributed by atoms with van der Waals surface area (Å²) in [4.78, 5) is 38.5. The number of ether oxygens (including phenoxy) is 1. The summed E-state index contributed by atoms with van der Waals surface area (Å²) >= 11 is 0. The Morgan fingerprint density at radius 3 is 2.39 bits per heavy atom. The van der Waals surface area contributed by atoms with Crippen molar-refractivity contribution in [2.75, 3.05) is 7.11 Å². The van der Waals surface area contributed by atoms with Crippen LogP contribution in [0, 0.1) is 0 Å². The highest BCUT2D eigenvalue weighted by atomic mass is 16.5. The van der Waals surface area contributed by atoms with Crippen LogP contribution in [-0.2, 0) is 27.0 Å². The Bertz CT molecular complexity index is 923. The Hall–Kier alpha value is -3.09. The number of esters is 1. The third-order valence-corrected chi connectivity index (χ3v) is 5.05. The number of carbonyl (C=O) groups excluding carboxylic acids is 3. The molecule has 1 saturated heterocycles. The van der Waals surface area contributed by atoms with E-state index in [1.165, 1.54) is 13.4 Å². The highest BCUT2D eigenvalue weighted by Crippen LogP contribution is 2.32. The summed E-state index contributed by atoms with van der Waals surface area (Å²) in [6.45, 7) is 7.92. The van der Waals surface area contributed by atoms with Crippen molar-refractivity contribution in [1.82, 2.24) is 10.2 Å². The number of imide groups is 1. The fourth-order valence-electron chi connectivity index (χ4n) is 3.24. The van der Waals surface area contributed by atoms with E-state index in [-0.39, 0.29) is 17.7 Å². The van der Waals surface area contributed by atoms with Crippen molar-refractivity contribution in [3.63, 3.8) is 0 Å². The van der Waals surface area contributed by atoms with Crippen molar-refractivity contribution in [2.45, 2.75) is 45.2 Å². The molecule has 0 bridgehead atoms. The second-order valence-electron chi connectivity index (χ2n) is 8.04. The molecule has 0 radical (unpaired) electrons. The molecule has 2 heterocycles. The Morgan fingerprint density at radius 2 is 1.82 bits per heavy atom. The van der Waals surface area contributed by atoms with Gasteiger partial charge in [-0.05, 0) is 29.5 Å². The number of rotatable bonds is 4. The van der Waals surface area contributed by atoms with Gasteiger partial charge in [-0.1, -0.05) is 45.0 Å². The molecular formula is C21H24N2O5. The van der Waals surface area contributed by atoms with Crippen LogP contribution in [0.5, 0.6) is 0 Å². The van der Waals surface area contributed by atoms with Crippen molar-refractivity contribution in [1.29, 1.82) is 0 Å². The zero-order valence-electron chi connectivity index (χ0n) is 16.7. The zero-order chi connectivity index (χ0) is 20.7. The predicted octanol–water partition coefficient (Wildman–Crippen LogP) is 3.33. The molecule has 1 aliphatic rings. The Labute approximate surface area is 163 Å². The molecule has 1 unspecified atom stereocenters. The van der Waals surface area contributed by atoms with Crippen molar-refractivity contribution < 1.29 is 23.5 Å². The van der Waals surface area contributed by atoms with E-state index in [0.717, 1.165) is 10.5 Å². The van der Waals surface area contributed by atoms with Crippen molar-refractivity contribution in [2.24, 2.45) is 0 Å². The van der Waals surface area contributed by atoms with Crippen LogP contribution in [0.1, 0.15) is 54.9 Å². The number of carbonyl (C=O) groups is 3. The number of amides is 3. The first kappa shape index (κ1) is 19.7. The van der Waals surface area contributed by atoms with Crippen molar-refractivity contribution >= 4 is 17.9 Å². The van der Waals surface area contributed by atoms with Gasteiger partial charge < -0.3 is 14.5 Å². The fraction of sp³-hybridized carbons (Fsp3) is 0.381. The number of nitrogens with zero attached hydrogens (tertiary/aromatic N) is 1. The minimum atomic E-state index is -1.18. The first-order valence-corrected chi connectivity index (χ1v) is 8.97. The van der Waals surface area contributed by atoms with Crippen LogP contribution in [-0.4, -0.2) is 29.9 Å². The van der Waals surface area contributed by atoms with Crippen molar-refractivity contribution in [3.05, 3.63) is 59.0 Å². The first-order chi connectivity index (χ1) is 13.1. The second-order valence-corrected chi connectivity index (χ2v) is 8.04. The molecule has 0 aliphatic carbocycles. The largest absolute Gasteiger partial charge is 0.463 e. The normalized spacial score (nSPS) is 19.7. The molecule has 7 nitrogen and oxygen atoms in total. The smallest absolute Gasteiger partial charge is 0.374 e. The number of furan rings is 1. The second kappa shape index (κ2) is 6.82. The number of hydrogen-bond acceptors (Lipinski definition) is 5. The van der Waals surface area contributed by atoms with E-state index in [1.54, 1.807) is 13.0 Å². The lowest BCUT2D eigenvalue weighted by molar-refractivity contribution is -0.131. The molecule has 3 amide bonds. The van der Waals surface area contributed by atoms with Gasteiger partial charge >= 0.3 is 12.0 Å². The van der Waals surface area contributed by atoms with Gasteiger partial charge in [0, 0.05) is 5.56 Å². The number of hydrogen-bond donors (Lipinski definition) is 1. The van der Waals surface area contributed by atoms with Gasteiger partial charge in [0.25, 0.3) is 5.91 Å². The molecule has 1 N–H and O–H groups in total. The maximum Gasteiger partial charge on any atom is 0.374 e. The maximum absolute atomic E-state index is 13.1. The number of methoxy groups -OCH3 is 1. The summed E-state index contributed by atoms with van der Waals surface area (Å²) in [5.74, 6) is -1.07. The quantitative estimate of drug-likeness (QED) is 0.645. The molecule has 2 aromatic rings. The van der Waals surface area contributed by atoms with Gasteiger partial charge in [-0.3, -0.25) is 9.69 Å². The highest BCUT2D eigenvalue weighted by Gasteiger charge is 2.49. The summed E-state index contributed by atoms with van der Waals surface area (Å²) in [6.07, 6.45) is 1.32. The van der Waals surface area contributed by atoms with Crippen LogP contribution >= 0.6 is 0 Å². The summed E-state index contributed by atoms with van der Waals surface area (Å²) in [5.41, 5.74) is 1.04. The monoisotopic (exact) mass is 384 g/mol. The van der Waals surface area contributed by atoms with Gasteiger partial charge in [-0.25, -0.2) is 9.59 Å². The van der Waals surface area contributed by atoms with E-state index in [2.05, 4.69) is 30.8 Å². The van der Waals surface area contributed by atoms with E-state index in [9.17, 15) is 14.4 Å². The SMILES string of the molecule is COC(=O)c1occc1CN1C(=O)NC(C)(c2ccc(C(C)(C)C)cc2)C1=O. The van der Waals surface area contributed by atoms with Crippen molar-refractivity contribution in [3.8, 4) is 0 Å². The molecule has 0 spiro atoms. The lowest BCUT2D eigenvalue weighted by Crippen LogP contribution is -2.40. The van der Waals surface area contributed by atoms with Gasteiger partial charge in [0.1, 0.15) is 5.54 Å². The summed E-state index contributed by atoms with van der Waals surface area (Å²) in [5, 5.41) is 2.77. The van der Waals surface area contributed by atoms with Crippen LogP contribution in [0.4, 0.5) is 4.79 Å². The van der Waals surface area contributed by atoms with E-state index < -0.39 is 23.4 Å². The average Bonchev–Trinajstić information content (AvgIpc) is 3.19. The molecular weight excluding hydrogens is 360 g/mol. The van der Waals surface area contributed by atoms with Crippen LogP contribution < -0.4 is 5.32 Å². The molecule has 1 aromatic heterocycles. The Kier molecular flexibility index (Phi) is 4.79. The molecule has 0 saturated carbocycles. The molecule has 1 aliphatic heterocycles. The summed E-state index contributed by atoms with van der Waals surface area (Å²) in [6, 6.07) is 8.67. The lowest BCUT2D eigenvalue weighted by atomic mass is 9.84. The number of benzene rings is 1. The zero-order valence-corrected chi connectivity index (χ0v) is 16.7. The summed E-state index contributed by atoms with van der Waals surface area (Å²) < 4.78 is 9.80. The summed E-state index contributed by atoms with van der Waals surface area (Å²) in [7, 11) is 1.24. The van der Waals surface area contributed by atoms with E-state index in [1.807, 2.05) is 24.3 Å². The van der Waals surface area contributed by atoms with E-state index in [4.69, 9.17) is 4.42 Å². The van der Waals surface area contributed by atoms with Crippen LogP contribution in [0.3, 0.4) is 0 Å². The standard InChI is InChI=1S/C21H24N2O5/c1-20(2,3)14-6-8-15(9-7-14)21(4)18(25)23(19(26)22-21)12-13-10-11-28-16(13)17(24)27-5/h6-11H,12H2,1-5H3,(H,22,26). The minimum Gasteiger partial charge on any atom is -0.463 e. The lowest BCUT2D eigenvalue weighted by Gasteiger charge is -2.24.